The second-order valence-corrected chi connectivity index (χ2v) is 17.8. The van der Waals surface area contributed by atoms with Crippen molar-refractivity contribution in [1.29, 1.82) is 0 Å². The summed E-state index contributed by atoms with van der Waals surface area (Å²) in [6.07, 6.45) is 4.51. The molecule has 0 spiro atoms. The Balaban J connectivity index is 1.51. The SMILES string of the molecule is CCC(C)(CC)Oc1ccc(C=NN(C)[P+](=S)C(C)(CC)Oc2ccc(P(=NC)(c3ccccc3)c3ccccc3)cc2)cc1. The minimum atomic E-state index is -2.18. The first-order valence-electron chi connectivity index (χ1n) is 15.6. The molecule has 0 N–H and O–H groups in total. The van der Waals surface area contributed by atoms with E-state index in [1.54, 1.807) is 0 Å². The lowest BCUT2D eigenvalue weighted by Crippen LogP contribution is -2.31. The van der Waals surface area contributed by atoms with Gasteiger partial charge in [0.1, 0.15) is 17.1 Å². The molecule has 0 saturated heterocycles. The third-order valence-electron chi connectivity index (χ3n) is 8.55. The molecule has 0 saturated carbocycles. The van der Waals surface area contributed by atoms with Gasteiger partial charge in [0.05, 0.1) is 20.3 Å². The molecule has 4 aromatic carbocycles. The van der Waals surface area contributed by atoms with Gasteiger partial charge < -0.3 is 9.47 Å². The number of hydrazone groups is 1. The van der Waals surface area contributed by atoms with Gasteiger partial charge in [-0.1, -0.05) is 81.4 Å². The zero-order chi connectivity index (χ0) is 32.5. The quantitative estimate of drug-likeness (QED) is 0.0771. The molecule has 0 aliphatic carbocycles. The lowest BCUT2D eigenvalue weighted by atomic mass is 10.00. The highest BCUT2D eigenvalue weighted by Gasteiger charge is 2.45. The normalized spacial score (nSPS) is 13.6. The van der Waals surface area contributed by atoms with Crippen molar-refractivity contribution in [3.8, 4) is 11.5 Å². The van der Waals surface area contributed by atoms with Gasteiger partial charge in [0.25, 0.3) is 5.34 Å². The van der Waals surface area contributed by atoms with Gasteiger partial charge in [-0.2, -0.15) is 0 Å². The van der Waals surface area contributed by atoms with Crippen LogP contribution in [0.3, 0.4) is 0 Å². The molecular formula is C37H46N3O2P2S+. The largest absolute Gasteiger partial charge is 0.488 e. The summed E-state index contributed by atoms with van der Waals surface area (Å²) in [5, 5.41) is 7.76. The molecule has 45 heavy (non-hydrogen) atoms. The van der Waals surface area contributed by atoms with Gasteiger partial charge >= 0.3 is 6.85 Å². The maximum atomic E-state index is 6.66. The molecule has 0 bridgehead atoms. The van der Waals surface area contributed by atoms with Gasteiger partial charge in [-0.3, -0.25) is 4.74 Å². The van der Waals surface area contributed by atoms with E-state index in [1.165, 1.54) is 15.9 Å². The van der Waals surface area contributed by atoms with Crippen LogP contribution in [0.4, 0.5) is 0 Å². The molecule has 0 radical (unpaired) electrons. The van der Waals surface area contributed by atoms with Gasteiger partial charge in [-0.05, 0) is 73.9 Å². The van der Waals surface area contributed by atoms with Gasteiger partial charge in [0, 0.05) is 36.3 Å². The molecule has 2 unspecified atom stereocenters. The monoisotopic (exact) mass is 658 g/mol. The molecule has 0 heterocycles. The van der Waals surface area contributed by atoms with Gasteiger partial charge in [0.2, 0.25) is 0 Å². The first-order chi connectivity index (χ1) is 21.6. The fraction of sp³-hybridized carbons (Fsp3) is 0.324. The van der Waals surface area contributed by atoms with Gasteiger partial charge in [-0.15, -0.1) is 9.88 Å². The van der Waals surface area contributed by atoms with Crippen molar-refractivity contribution in [3.63, 3.8) is 0 Å². The number of benzene rings is 4. The molecule has 4 aromatic rings. The van der Waals surface area contributed by atoms with Crippen molar-refractivity contribution < 1.29 is 9.47 Å². The van der Waals surface area contributed by atoms with E-state index < -0.39 is 19.2 Å². The number of hydrogen-bond donors (Lipinski definition) is 0. The minimum absolute atomic E-state index is 0.154. The van der Waals surface area contributed by atoms with Crippen molar-refractivity contribution in [2.75, 3.05) is 14.1 Å². The Morgan fingerprint density at radius 1 is 0.711 bits per heavy atom. The van der Waals surface area contributed by atoms with Crippen LogP contribution in [0.15, 0.2) is 119 Å². The molecule has 5 nitrogen and oxygen atoms in total. The Hall–Kier alpha value is -3.30. The Bertz CT molecular complexity index is 1580. The van der Waals surface area contributed by atoms with Crippen LogP contribution in [0.1, 0.15) is 59.4 Å². The number of nitrogens with zero attached hydrogens (tertiary/aromatic N) is 3. The van der Waals surface area contributed by atoms with E-state index in [-0.39, 0.29) is 5.60 Å². The van der Waals surface area contributed by atoms with Crippen molar-refractivity contribution >= 4 is 47.8 Å². The van der Waals surface area contributed by atoms with Crippen LogP contribution in [0.5, 0.6) is 11.5 Å². The van der Waals surface area contributed by atoms with E-state index in [2.05, 4.69) is 120 Å². The zero-order valence-corrected chi connectivity index (χ0v) is 30.2. The fourth-order valence-corrected chi connectivity index (χ4v) is 10.3. The molecule has 2 atom stereocenters. The summed E-state index contributed by atoms with van der Waals surface area (Å²) >= 11 is 6.07. The summed E-state index contributed by atoms with van der Waals surface area (Å²) in [6, 6.07) is 37.7. The van der Waals surface area contributed by atoms with E-state index >= 15 is 0 Å². The Labute approximate surface area is 276 Å². The highest BCUT2D eigenvalue weighted by Crippen LogP contribution is 2.48. The van der Waals surface area contributed by atoms with Crippen LogP contribution in [0.2, 0.25) is 0 Å². The molecule has 0 aliphatic rings. The topological polar surface area (TPSA) is 46.4 Å². The van der Waals surface area contributed by atoms with Crippen molar-refractivity contribution in [3.05, 3.63) is 115 Å². The lowest BCUT2D eigenvalue weighted by Gasteiger charge is -2.28. The predicted molar refractivity (Wildman–Crippen MR) is 199 cm³/mol. The first kappa shape index (κ1) is 34.6. The summed E-state index contributed by atoms with van der Waals surface area (Å²) < 4.78 is 19.9. The number of hydrogen-bond acceptors (Lipinski definition) is 5. The van der Waals surface area contributed by atoms with Gasteiger partial charge in [0.15, 0.2) is 11.8 Å². The third kappa shape index (κ3) is 7.93. The highest BCUT2D eigenvalue weighted by atomic mass is 32.4. The van der Waals surface area contributed by atoms with E-state index in [1.807, 2.05) is 49.4 Å². The summed E-state index contributed by atoms with van der Waals surface area (Å²) in [5.74, 6) is 1.66. The second-order valence-electron chi connectivity index (χ2n) is 11.5. The molecule has 0 aromatic heterocycles. The molecule has 0 amide bonds. The van der Waals surface area contributed by atoms with Crippen LogP contribution in [-0.2, 0) is 11.8 Å². The van der Waals surface area contributed by atoms with E-state index in [0.717, 1.165) is 36.3 Å². The van der Waals surface area contributed by atoms with Crippen LogP contribution in [0.25, 0.3) is 0 Å². The minimum Gasteiger partial charge on any atom is -0.488 e. The molecule has 0 aliphatic heterocycles. The van der Waals surface area contributed by atoms with Crippen LogP contribution in [-0.4, -0.2) is 36.0 Å². The molecule has 4 rings (SSSR count). The first-order valence-corrected chi connectivity index (χ1v) is 19.6. The summed E-state index contributed by atoms with van der Waals surface area (Å²) in [7, 11) is 1.68. The second kappa shape index (κ2) is 15.3. The third-order valence-corrected chi connectivity index (χ3v) is 16.0. The number of rotatable bonds is 14. The molecule has 8 heteroatoms. The fourth-order valence-electron chi connectivity index (χ4n) is 5.12. The lowest BCUT2D eigenvalue weighted by molar-refractivity contribution is 0.0803. The summed E-state index contributed by atoms with van der Waals surface area (Å²) in [4.78, 5) is 0. The van der Waals surface area contributed by atoms with Crippen molar-refractivity contribution in [1.82, 2.24) is 4.78 Å². The van der Waals surface area contributed by atoms with E-state index in [0.29, 0.717) is 0 Å². The maximum Gasteiger partial charge on any atom is 0.358 e. The van der Waals surface area contributed by atoms with Gasteiger partial charge in [-0.25, -0.2) is 0 Å². The maximum absolute atomic E-state index is 6.66. The van der Waals surface area contributed by atoms with Crippen LogP contribution in [0, 0.1) is 0 Å². The predicted octanol–water partition coefficient (Wildman–Crippen LogP) is 9.08. The standard InChI is InChI=1S/C37H46N3O2P2S/c1-8-36(4,9-2)41-31-23-21-30(22-24-31)29-39-40(7)43(45)37(5,10-3)42-32-25-27-35(28-26-32)44(38-6,33-17-13-11-14-18-33)34-19-15-12-16-20-34/h11-29H,8-10H2,1-7H3/q+1. The Morgan fingerprint density at radius 3 is 1.64 bits per heavy atom. The van der Waals surface area contributed by atoms with E-state index in [4.69, 9.17) is 31.1 Å². The molecule has 236 valence electrons. The van der Waals surface area contributed by atoms with E-state index in [9.17, 15) is 0 Å². The highest BCUT2D eigenvalue weighted by molar-refractivity contribution is 8.04. The average Bonchev–Trinajstić information content (AvgIpc) is 3.09. The van der Waals surface area contributed by atoms with Crippen molar-refractivity contribution in [2.45, 2.75) is 64.8 Å². The Morgan fingerprint density at radius 2 is 1.18 bits per heavy atom. The molecular weight excluding hydrogens is 612 g/mol. The van der Waals surface area contributed by atoms with Crippen LogP contribution < -0.4 is 25.4 Å². The average molecular weight is 659 g/mol. The summed E-state index contributed by atoms with van der Waals surface area (Å²) in [6.45, 7) is 9.48. The Kier molecular flexibility index (Phi) is 11.8. The number of ether oxygens (including phenoxy) is 2. The molecule has 0 fully saturated rings. The zero-order valence-electron chi connectivity index (χ0n) is 27.6. The van der Waals surface area contributed by atoms with Crippen molar-refractivity contribution in [2.24, 2.45) is 9.85 Å². The smallest absolute Gasteiger partial charge is 0.358 e. The summed E-state index contributed by atoms with van der Waals surface area (Å²) in [5.41, 5.74) is 0.834. The van der Waals surface area contributed by atoms with Crippen LogP contribution >= 0.6 is 13.9 Å².